The molecule has 0 aromatic carbocycles. The fraction of sp³-hybridized carbons (Fsp3) is 0.929. The van der Waals surface area contributed by atoms with Gasteiger partial charge in [-0.25, -0.2) is 0 Å². The van der Waals surface area contributed by atoms with Crippen LogP contribution in [-0.2, 0) is 4.79 Å². The molecule has 1 amide bonds. The molecule has 1 unspecified atom stereocenters. The molecule has 1 saturated heterocycles. The molecule has 1 atom stereocenters. The molecule has 1 aliphatic rings. The Morgan fingerprint density at radius 3 is 2.35 bits per heavy atom. The Morgan fingerprint density at radius 2 is 1.90 bits per heavy atom. The number of nitrogens with one attached hydrogen (secondary N) is 1. The largest absolute Gasteiger partial charge is 0.352 e. The molecule has 20 heavy (non-hydrogen) atoms. The van der Waals surface area contributed by atoms with E-state index in [0.29, 0.717) is 12.6 Å². The number of amides is 1. The lowest BCUT2D eigenvalue weighted by atomic mass is 9.81. The average Bonchev–Trinajstić information content (AvgIpc) is 2.41. The highest BCUT2D eigenvalue weighted by atomic mass is 35.5. The van der Waals surface area contributed by atoms with Gasteiger partial charge in [-0.3, -0.25) is 4.79 Å². The Kier molecular flexibility index (Phi) is 11.9. The van der Waals surface area contributed by atoms with Gasteiger partial charge in [0.1, 0.15) is 0 Å². The molecule has 1 fully saturated rings. The van der Waals surface area contributed by atoms with Crippen LogP contribution < -0.4 is 11.1 Å². The van der Waals surface area contributed by atoms with E-state index in [4.69, 9.17) is 5.73 Å². The van der Waals surface area contributed by atoms with E-state index in [1.165, 1.54) is 6.42 Å². The summed E-state index contributed by atoms with van der Waals surface area (Å²) >= 11 is 0. The van der Waals surface area contributed by atoms with Gasteiger partial charge in [-0.1, -0.05) is 20.8 Å². The van der Waals surface area contributed by atoms with Gasteiger partial charge in [0.05, 0.1) is 5.41 Å². The summed E-state index contributed by atoms with van der Waals surface area (Å²) in [5.41, 5.74) is 5.45. The summed E-state index contributed by atoms with van der Waals surface area (Å²) in [5, 5.41) is 3.22. The quantitative estimate of drug-likeness (QED) is 0.786. The van der Waals surface area contributed by atoms with Gasteiger partial charge in [-0.05, 0) is 38.8 Å². The van der Waals surface area contributed by atoms with Gasteiger partial charge in [-0.15, -0.1) is 24.8 Å². The first kappa shape index (κ1) is 22.3. The van der Waals surface area contributed by atoms with Crippen LogP contribution in [0.3, 0.4) is 0 Å². The number of rotatable bonds is 6. The number of carbonyl (C=O) groups is 1. The van der Waals surface area contributed by atoms with Crippen molar-refractivity contribution in [2.45, 2.75) is 52.5 Å². The van der Waals surface area contributed by atoms with Gasteiger partial charge < -0.3 is 16.0 Å². The number of likely N-dealkylation sites (tertiary alicyclic amines) is 1. The summed E-state index contributed by atoms with van der Waals surface area (Å²) in [6, 6.07) is 0.301. The van der Waals surface area contributed by atoms with Crippen molar-refractivity contribution in [3.8, 4) is 0 Å². The maximum atomic E-state index is 12.4. The molecule has 0 aromatic rings. The molecule has 1 aliphatic heterocycles. The Bertz CT molecular complexity index is 265. The third-order valence-corrected chi connectivity index (χ3v) is 4.51. The number of piperidine rings is 1. The summed E-state index contributed by atoms with van der Waals surface area (Å²) in [7, 11) is 0. The zero-order valence-corrected chi connectivity index (χ0v) is 14.6. The second kappa shape index (κ2) is 10.7. The van der Waals surface area contributed by atoms with Crippen molar-refractivity contribution in [2.75, 3.05) is 26.2 Å². The zero-order chi connectivity index (χ0) is 13.6. The van der Waals surface area contributed by atoms with E-state index in [0.717, 1.165) is 38.9 Å². The predicted octanol–water partition coefficient (Wildman–Crippen LogP) is 2.20. The first-order valence-corrected chi connectivity index (χ1v) is 7.35. The van der Waals surface area contributed by atoms with Gasteiger partial charge in [0.15, 0.2) is 0 Å². The molecule has 0 saturated carbocycles. The molecular formula is C14H31Cl2N3O. The number of nitrogens with zero attached hydrogens (tertiary/aromatic N) is 1. The van der Waals surface area contributed by atoms with E-state index >= 15 is 0 Å². The summed E-state index contributed by atoms with van der Waals surface area (Å²) < 4.78 is 0. The second-order valence-corrected chi connectivity index (χ2v) is 5.40. The SMILES string of the molecule is CCN1CCCC(NC(=O)C(CC)(CC)CN)C1.Cl.Cl. The molecule has 1 rings (SSSR count). The van der Waals surface area contributed by atoms with Crippen LogP contribution in [-0.4, -0.2) is 43.0 Å². The monoisotopic (exact) mass is 327 g/mol. The number of nitrogens with two attached hydrogens (primary N) is 1. The standard InChI is InChI=1S/C14H29N3O.2ClH/c1-4-14(5-2,11-15)13(18)16-12-8-7-9-17(6-3)10-12;;/h12H,4-11,15H2,1-3H3,(H,16,18);2*1H. The highest BCUT2D eigenvalue weighted by Gasteiger charge is 2.35. The second-order valence-electron chi connectivity index (χ2n) is 5.40. The molecular weight excluding hydrogens is 297 g/mol. The van der Waals surface area contributed by atoms with Crippen molar-refractivity contribution >= 4 is 30.7 Å². The van der Waals surface area contributed by atoms with Crippen LogP contribution in [0, 0.1) is 5.41 Å². The van der Waals surface area contributed by atoms with Crippen LogP contribution in [0.2, 0.25) is 0 Å². The van der Waals surface area contributed by atoms with E-state index in [-0.39, 0.29) is 36.1 Å². The lowest BCUT2D eigenvalue weighted by molar-refractivity contribution is -0.132. The van der Waals surface area contributed by atoms with Crippen molar-refractivity contribution in [2.24, 2.45) is 11.1 Å². The molecule has 0 aromatic heterocycles. The number of hydrogen-bond donors (Lipinski definition) is 2. The minimum atomic E-state index is -0.367. The molecule has 6 heteroatoms. The van der Waals surface area contributed by atoms with E-state index in [9.17, 15) is 4.79 Å². The van der Waals surface area contributed by atoms with Crippen LogP contribution in [0.25, 0.3) is 0 Å². The number of likely N-dealkylation sites (N-methyl/N-ethyl adjacent to an activating group) is 1. The van der Waals surface area contributed by atoms with Crippen molar-refractivity contribution in [3.05, 3.63) is 0 Å². The molecule has 0 aliphatic carbocycles. The molecule has 122 valence electrons. The maximum Gasteiger partial charge on any atom is 0.227 e. The van der Waals surface area contributed by atoms with Crippen LogP contribution in [0.5, 0.6) is 0 Å². The number of carbonyl (C=O) groups excluding carboxylic acids is 1. The summed E-state index contributed by atoms with van der Waals surface area (Å²) in [5.74, 6) is 0.151. The third-order valence-electron chi connectivity index (χ3n) is 4.51. The van der Waals surface area contributed by atoms with Crippen LogP contribution in [0.15, 0.2) is 0 Å². The highest BCUT2D eigenvalue weighted by Crippen LogP contribution is 2.25. The molecule has 1 heterocycles. The molecule has 4 nitrogen and oxygen atoms in total. The topological polar surface area (TPSA) is 58.4 Å². The maximum absolute atomic E-state index is 12.4. The predicted molar refractivity (Wildman–Crippen MR) is 89.8 cm³/mol. The van der Waals surface area contributed by atoms with Crippen molar-refractivity contribution < 1.29 is 4.79 Å². The fourth-order valence-electron chi connectivity index (χ4n) is 2.75. The average molecular weight is 328 g/mol. The van der Waals surface area contributed by atoms with Gasteiger partial charge in [0, 0.05) is 19.1 Å². The number of hydrogen-bond acceptors (Lipinski definition) is 3. The fourth-order valence-corrected chi connectivity index (χ4v) is 2.75. The Labute approximate surface area is 136 Å². The van der Waals surface area contributed by atoms with Gasteiger partial charge in [0.25, 0.3) is 0 Å². The Balaban J connectivity index is 0. The summed E-state index contributed by atoms with van der Waals surface area (Å²) in [6.45, 7) is 9.92. The van der Waals surface area contributed by atoms with Gasteiger partial charge in [0.2, 0.25) is 5.91 Å². The molecule has 0 bridgehead atoms. The van der Waals surface area contributed by atoms with Crippen LogP contribution in [0.4, 0.5) is 0 Å². The van der Waals surface area contributed by atoms with Gasteiger partial charge >= 0.3 is 0 Å². The molecule has 0 radical (unpaired) electrons. The lowest BCUT2D eigenvalue weighted by Crippen LogP contribution is -2.53. The minimum absolute atomic E-state index is 0. The van der Waals surface area contributed by atoms with Crippen molar-refractivity contribution in [1.82, 2.24) is 10.2 Å². The van der Waals surface area contributed by atoms with E-state index in [2.05, 4.69) is 31.0 Å². The molecule has 3 N–H and O–H groups in total. The zero-order valence-electron chi connectivity index (χ0n) is 13.0. The molecule has 0 spiro atoms. The minimum Gasteiger partial charge on any atom is -0.352 e. The first-order valence-electron chi connectivity index (χ1n) is 7.35. The number of halogens is 2. The van der Waals surface area contributed by atoms with E-state index < -0.39 is 0 Å². The highest BCUT2D eigenvalue weighted by molar-refractivity contribution is 5.85. The van der Waals surface area contributed by atoms with E-state index in [1.54, 1.807) is 0 Å². The van der Waals surface area contributed by atoms with Crippen LogP contribution >= 0.6 is 24.8 Å². The van der Waals surface area contributed by atoms with Crippen LogP contribution in [0.1, 0.15) is 46.5 Å². The Hall–Kier alpha value is -0.0300. The van der Waals surface area contributed by atoms with Gasteiger partial charge in [-0.2, -0.15) is 0 Å². The third kappa shape index (κ3) is 5.40. The first-order chi connectivity index (χ1) is 8.61. The van der Waals surface area contributed by atoms with E-state index in [1.807, 2.05) is 0 Å². The summed E-state index contributed by atoms with van der Waals surface area (Å²) in [4.78, 5) is 14.8. The smallest absolute Gasteiger partial charge is 0.227 e. The lowest BCUT2D eigenvalue weighted by Gasteiger charge is -2.36. The Morgan fingerprint density at radius 1 is 1.30 bits per heavy atom. The summed E-state index contributed by atoms with van der Waals surface area (Å²) in [6.07, 6.45) is 3.90. The van der Waals surface area contributed by atoms with Crippen molar-refractivity contribution in [3.63, 3.8) is 0 Å². The van der Waals surface area contributed by atoms with Crippen molar-refractivity contribution in [1.29, 1.82) is 0 Å². The normalized spacial score (nSPS) is 19.7.